The fourth-order valence-electron chi connectivity index (χ4n) is 3.17. The molecule has 0 spiro atoms. The normalized spacial score (nSPS) is 14.6. The monoisotopic (exact) mass is 380 g/mol. The van der Waals surface area contributed by atoms with Gasteiger partial charge >= 0.3 is 0 Å². The lowest BCUT2D eigenvalue weighted by atomic mass is 10.1. The Bertz CT molecular complexity index is 918. The van der Waals surface area contributed by atoms with E-state index in [0.717, 1.165) is 43.1 Å². The number of aromatic nitrogens is 4. The highest BCUT2D eigenvalue weighted by Crippen LogP contribution is 2.25. The quantitative estimate of drug-likeness (QED) is 0.516. The van der Waals surface area contributed by atoms with Crippen molar-refractivity contribution in [3.8, 4) is 5.75 Å². The van der Waals surface area contributed by atoms with Gasteiger partial charge in [0.05, 0.1) is 36.9 Å². The van der Waals surface area contributed by atoms with E-state index in [9.17, 15) is 0 Å². The molecule has 1 saturated heterocycles. The zero-order valence-electron chi connectivity index (χ0n) is 15.7. The van der Waals surface area contributed by atoms with Crippen molar-refractivity contribution < 1.29 is 4.74 Å². The van der Waals surface area contributed by atoms with E-state index < -0.39 is 0 Å². The summed E-state index contributed by atoms with van der Waals surface area (Å²) < 4.78 is 7.19. The molecule has 1 fully saturated rings. The van der Waals surface area contributed by atoms with Crippen molar-refractivity contribution in [3.63, 3.8) is 0 Å². The molecule has 0 bridgehead atoms. The number of ether oxygens (including phenoxy) is 1. The van der Waals surface area contributed by atoms with Crippen LogP contribution in [0.15, 0.2) is 42.9 Å². The van der Waals surface area contributed by atoms with Crippen LogP contribution >= 0.6 is 0 Å². The van der Waals surface area contributed by atoms with Crippen molar-refractivity contribution in [3.05, 3.63) is 42.9 Å². The maximum atomic E-state index is 6.03. The van der Waals surface area contributed by atoms with Gasteiger partial charge in [0.2, 0.25) is 5.95 Å². The molecule has 0 amide bonds. The van der Waals surface area contributed by atoms with E-state index in [1.165, 1.54) is 0 Å². The minimum atomic E-state index is 0.427. The smallest absolute Gasteiger partial charge is 0.229 e. The zero-order chi connectivity index (χ0) is 19.3. The molecular weight excluding hydrogens is 356 g/mol. The van der Waals surface area contributed by atoms with Crippen molar-refractivity contribution >= 4 is 28.8 Å². The van der Waals surface area contributed by atoms with Gasteiger partial charge in [0.1, 0.15) is 5.75 Å². The first kappa shape index (κ1) is 18.1. The summed E-state index contributed by atoms with van der Waals surface area (Å²) in [5.74, 6) is 1.78. The minimum absolute atomic E-state index is 0.427. The lowest BCUT2D eigenvalue weighted by Crippen LogP contribution is -2.29. The second kappa shape index (κ2) is 8.13. The summed E-state index contributed by atoms with van der Waals surface area (Å²) in [6, 6.07) is 7.96. The maximum Gasteiger partial charge on any atom is 0.229 e. The topological polar surface area (TPSA) is 115 Å². The number of rotatable bonds is 6. The van der Waals surface area contributed by atoms with E-state index in [-0.39, 0.29) is 0 Å². The number of anilines is 5. The van der Waals surface area contributed by atoms with E-state index in [2.05, 4.69) is 31.0 Å². The Morgan fingerprint density at radius 3 is 2.64 bits per heavy atom. The van der Waals surface area contributed by atoms with Gasteiger partial charge in [0.15, 0.2) is 5.82 Å². The van der Waals surface area contributed by atoms with Crippen LogP contribution in [0.1, 0.15) is 18.9 Å². The Hall–Kier alpha value is -3.33. The molecule has 28 heavy (non-hydrogen) atoms. The van der Waals surface area contributed by atoms with Crippen LogP contribution in [0.5, 0.6) is 5.75 Å². The first-order chi connectivity index (χ1) is 13.7. The molecule has 0 saturated carbocycles. The third-order valence-corrected chi connectivity index (χ3v) is 4.71. The molecule has 5 N–H and O–H groups in total. The zero-order valence-corrected chi connectivity index (χ0v) is 15.7. The Morgan fingerprint density at radius 1 is 1.11 bits per heavy atom. The first-order valence-corrected chi connectivity index (χ1v) is 9.27. The Morgan fingerprint density at radius 2 is 1.89 bits per heavy atom. The van der Waals surface area contributed by atoms with Gasteiger partial charge in [-0.25, -0.2) is 4.98 Å². The first-order valence-electron chi connectivity index (χ1n) is 9.27. The second-order valence-corrected chi connectivity index (χ2v) is 6.67. The summed E-state index contributed by atoms with van der Waals surface area (Å²) in [7, 11) is 1.64. The van der Waals surface area contributed by atoms with Gasteiger partial charge < -0.3 is 26.4 Å². The van der Waals surface area contributed by atoms with Gasteiger partial charge in [-0.2, -0.15) is 10.1 Å². The molecular formula is C19H24N8O. The molecule has 0 aliphatic carbocycles. The van der Waals surface area contributed by atoms with Gasteiger partial charge in [-0.15, -0.1) is 0 Å². The predicted octanol–water partition coefficient (Wildman–Crippen LogP) is 2.68. The number of benzene rings is 1. The number of nitrogens with two attached hydrogens (primary N) is 1. The number of hydrogen-bond acceptors (Lipinski definition) is 8. The third-order valence-electron chi connectivity index (χ3n) is 4.71. The molecule has 2 aromatic heterocycles. The van der Waals surface area contributed by atoms with Crippen molar-refractivity contribution in [1.82, 2.24) is 25.1 Å². The number of methoxy groups -OCH3 is 1. The van der Waals surface area contributed by atoms with Gasteiger partial charge in [-0.1, -0.05) is 0 Å². The molecule has 1 aliphatic rings. The molecule has 1 aliphatic heterocycles. The highest BCUT2D eigenvalue weighted by molar-refractivity contribution is 5.70. The molecule has 146 valence electrons. The number of nitrogen functional groups attached to an aromatic ring is 1. The van der Waals surface area contributed by atoms with Crippen LogP contribution in [0.3, 0.4) is 0 Å². The molecule has 0 radical (unpaired) electrons. The molecule has 3 heterocycles. The Labute approximate surface area is 163 Å². The fraction of sp³-hybridized carbons (Fsp3) is 0.316. The molecule has 0 unspecified atom stereocenters. The lowest BCUT2D eigenvalue weighted by Gasteiger charge is -2.22. The van der Waals surface area contributed by atoms with Crippen LogP contribution in [0, 0.1) is 0 Å². The van der Waals surface area contributed by atoms with Gasteiger partial charge in [-0.05, 0) is 50.2 Å². The highest BCUT2D eigenvalue weighted by atomic mass is 16.5. The molecule has 4 rings (SSSR count). The van der Waals surface area contributed by atoms with Crippen molar-refractivity contribution in [2.75, 3.05) is 36.6 Å². The standard InChI is InChI=1S/C19H24N8O/c1-28-16-4-2-13(3-5-16)24-18-17(20)11-22-19(26-18)25-14-10-23-27(12-14)15-6-8-21-9-7-15/h2-5,10-12,15,21H,6-9,20H2,1H3,(H2,22,24,25,26). The average Bonchev–Trinajstić information content (AvgIpc) is 3.20. The summed E-state index contributed by atoms with van der Waals surface area (Å²) in [5.41, 5.74) is 8.19. The molecule has 9 heteroatoms. The van der Waals surface area contributed by atoms with E-state index in [4.69, 9.17) is 10.5 Å². The van der Waals surface area contributed by atoms with Gasteiger partial charge in [0.25, 0.3) is 0 Å². The van der Waals surface area contributed by atoms with E-state index in [1.807, 2.05) is 35.1 Å². The number of nitrogens with zero attached hydrogens (tertiary/aromatic N) is 4. The van der Waals surface area contributed by atoms with Crippen molar-refractivity contribution in [2.45, 2.75) is 18.9 Å². The van der Waals surface area contributed by atoms with Crippen LogP contribution in [0.2, 0.25) is 0 Å². The Kier molecular flexibility index (Phi) is 5.24. The highest BCUT2D eigenvalue weighted by Gasteiger charge is 2.16. The maximum absolute atomic E-state index is 6.03. The summed E-state index contributed by atoms with van der Waals surface area (Å²) in [5, 5.41) is 14.3. The summed E-state index contributed by atoms with van der Waals surface area (Å²) in [6.45, 7) is 2.05. The van der Waals surface area contributed by atoms with E-state index >= 15 is 0 Å². The number of nitrogens with one attached hydrogen (secondary N) is 3. The van der Waals surface area contributed by atoms with Crippen LogP contribution in [-0.2, 0) is 0 Å². The van der Waals surface area contributed by atoms with E-state index in [0.29, 0.717) is 23.5 Å². The Balaban J connectivity index is 1.46. The molecule has 3 aromatic rings. The van der Waals surface area contributed by atoms with Gasteiger partial charge in [-0.3, -0.25) is 4.68 Å². The van der Waals surface area contributed by atoms with Crippen molar-refractivity contribution in [1.29, 1.82) is 0 Å². The summed E-state index contributed by atoms with van der Waals surface area (Å²) >= 11 is 0. The van der Waals surface area contributed by atoms with Crippen LogP contribution in [-0.4, -0.2) is 39.9 Å². The summed E-state index contributed by atoms with van der Waals surface area (Å²) in [4.78, 5) is 8.76. The molecule has 0 atom stereocenters. The molecule has 1 aromatic carbocycles. The van der Waals surface area contributed by atoms with Crippen molar-refractivity contribution in [2.24, 2.45) is 0 Å². The minimum Gasteiger partial charge on any atom is -0.497 e. The number of piperidine rings is 1. The average molecular weight is 380 g/mol. The fourth-order valence-corrected chi connectivity index (χ4v) is 3.17. The lowest BCUT2D eigenvalue weighted by molar-refractivity contribution is 0.343. The number of hydrogen-bond donors (Lipinski definition) is 4. The van der Waals surface area contributed by atoms with Gasteiger partial charge in [0, 0.05) is 11.9 Å². The summed E-state index contributed by atoms with van der Waals surface area (Å²) in [6.07, 6.45) is 7.52. The largest absolute Gasteiger partial charge is 0.497 e. The third kappa shape index (κ3) is 4.15. The van der Waals surface area contributed by atoms with E-state index in [1.54, 1.807) is 19.5 Å². The predicted molar refractivity (Wildman–Crippen MR) is 109 cm³/mol. The second-order valence-electron chi connectivity index (χ2n) is 6.67. The van der Waals surface area contributed by atoms with Crippen LogP contribution in [0.25, 0.3) is 0 Å². The van der Waals surface area contributed by atoms with Crippen LogP contribution in [0.4, 0.5) is 28.8 Å². The van der Waals surface area contributed by atoms with Crippen LogP contribution < -0.4 is 26.4 Å². The molecule has 9 nitrogen and oxygen atoms in total. The SMILES string of the molecule is COc1ccc(Nc2nc(Nc3cnn(C4CCNCC4)c3)ncc2N)cc1.